The van der Waals surface area contributed by atoms with Crippen LogP contribution in [0.25, 0.3) is 11.3 Å². The molecule has 0 radical (unpaired) electrons. The second-order valence-corrected chi connectivity index (χ2v) is 3.70. The van der Waals surface area contributed by atoms with E-state index < -0.39 is 0 Å². The van der Waals surface area contributed by atoms with Gasteiger partial charge in [-0.2, -0.15) is 0 Å². The van der Waals surface area contributed by atoms with E-state index in [1.54, 1.807) is 19.2 Å². The van der Waals surface area contributed by atoms with Gasteiger partial charge in [0.05, 0.1) is 12.8 Å². The Bertz CT molecular complexity index is 494. The van der Waals surface area contributed by atoms with Gasteiger partial charge >= 0.3 is 0 Å². The fraction of sp³-hybridized carbons (Fsp3) is 0.0833. The molecule has 2 N–H and O–H groups in total. The molecule has 0 amide bonds. The molecule has 16 heavy (non-hydrogen) atoms. The number of anilines is 1. The summed E-state index contributed by atoms with van der Waals surface area (Å²) in [5.74, 6) is 0.747. The van der Waals surface area contributed by atoms with Crippen molar-refractivity contribution in [3.8, 4) is 17.0 Å². The molecule has 0 atom stereocenters. The van der Waals surface area contributed by atoms with Crippen molar-refractivity contribution >= 4 is 17.3 Å². The Kier molecular flexibility index (Phi) is 2.97. The number of para-hydroxylation sites is 1. The maximum absolute atomic E-state index is 5.86. The summed E-state index contributed by atoms with van der Waals surface area (Å²) in [7, 11) is 1.62. The molecule has 2 aromatic rings. The van der Waals surface area contributed by atoms with E-state index in [1.807, 2.05) is 24.3 Å². The van der Waals surface area contributed by atoms with Gasteiger partial charge in [0.15, 0.2) is 0 Å². The van der Waals surface area contributed by atoms with Gasteiger partial charge in [0.25, 0.3) is 0 Å². The number of nitrogens with zero attached hydrogens (tertiary/aromatic N) is 1. The molecule has 4 heteroatoms. The first kappa shape index (κ1) is 10.8. The third kappa shape index (κ3) is 2.09. The van der Waals surface area contributed by atoms with E-state index in [1.165, 1.54) is 0 Å². The van der Waals surface area contributed by atoms with Crippen molar-refractivity contribution in [2.45, 2.75) is 0 Å². The van der Waals surface area contributed by atoms with E-state index in [0.29, 0.717) is 16.5 Å². The zero-order chi connectivity index (χ0) is 11.5. The molecule has 0 aliphatic rings. The summed E-state index contributed by atoms with van der Waals surface area (Å²) in [6, 6.07) is 11.0. The van der Waals surface area contributed by atoms with Gasteiger partial charge in [-0.05, 0) is 24.3 Å². The maximum atomic E-state index is 5.86. The standard InChI is InChI=1S/C12H11ClN2O/c1-16-11-5-3-2-4-9(11)10-6-8(14)7-12(13)15-10/h2-7H,1H3,(H2,14,15). The zero-order valence-electron chi connectivity index (χ0n) is 8.77. The summed E-state index contributed by atoms with van der Waals surface area (Å²) in [5.41, 5.74) is 7.89. The molecule has 3 nitrogen and oxygen atoms in total. The number of aromatic nitrogens is 1. The van der Waals surface area contributed by atoms with E-state index in [2.05, 4.69) is 4.98 Å². The van der Waals surface area contributed by atoms with Crippen molar-refractivity contribution in [2.75, 3.05) is 12.8 Å². The summed E-state index contributed by atoms with van der Waals surface area (Å²) in [4.78, 5) is 4.22. The Balaban J connectivity index is 2.58. The molecule has 1 aromatic heterocycles. The van der Waals surface area contributed by atoms with E-state index in [0.717, 1.165) is 11.3 Å². The minimum atomic E-state index is 0.376. The third-order valence-corrected chi connectivity index (χ3v) is 2.39. The van der Waals surface area contributed by atoms with E-state index in [4.69, 9.17) is 22.1 Å². The van der Waals surface area contributed by atoms with Crippen molar-refractivity contribution in [3.63, 3.8) is 0 Å². The van der Waals surface area contributed by atoms with E-state index in [-0.39, 0.29) is 0 Å². The first-order chi connectivity index (χ1) is 7.70. The number of ether oxygens (including phenoxy) is 1. The Labute approximate surface area is 98.8 Å². The van der Waals surface area contributed by atoms with Gasteiger partial charge in [-0.3, -0.25) is 0 Å². The molecule has 0 fully saturated rings. The van der Waals surface area contributed by atoms with Crippen molar-refractivity contribution in [2.24, 2.45) is 0 Å². The number of hydrogen-bond donors (Lipinski definition) is 1. The molecular weight excluding hydrogens is 224 g/mol. The molecule has 82 valence electrons. The number of halogens is 1. The number of nitrogen functional groups attached to an aromatic ring is 1. The topological polar surface area (TPSA) is 48.1 Å². The van der Waals surface area contributed by atoms with Gasteiger partial charge in [-0.25, -0.2) is 4.98 Å². The van der Waals surface area contributed by atoms with Crippen molar-refractivity contribution in [1.82, 2.24) is 4.98 Å². The highest BCUT2D eigenvalue weighted by Gasteiger charge is 2.07. The highest BCUT2D eigenvalue weighted by atomic mass is 35.5. The van der Waals surface area contributed by atoms with Crippen LogP contribution in [0.15, 0.2) is 36.4 Å². The first-order valence-electron chi connectivity index (χ1n) is 4.77. The van der Waals surface area contributed by atoms with E-state index >= 15 is 0 Å². The second-order valence-electron chi connectivity index (χ2n) is 3.31. The Morgan fingerprint density at radius 3 is 2.69 bits per heavy atom. The van der Waals surface area contributed by atoms with Crippen LogP contribution in [0.1, 0.15) is 0 Å². The van der Waals surface area contributed by atoms with Gasteiger partial charge in [0, 0.05) is 11.3 Å². The van der Waals surface area contributed by atoms with Crippen LogP contribution in [-0.4, -0.2) is 12.1 Å². The molecule has 0 unspecified atom stereocenters. The monoisotopic (exact) mass is 234 g/mol. The van der Waals surface area contributed by atoms with Crippen LogP contribution in [0, 0.1) is 0 Å². The lowest BCUT2D eigenvalue weighted by atomic mass is 10.1. The number of rotatable bonds is 2. The minimum Gasteiger partial charge on any atom is -0.496 e. The van der Waals surface area contributed by atoms with Gasteiger partial charge < -0.3 is 10.5 Å². The van der Waals surface area contributed by atoms with Crippen molar-refractivity contribution < 1.29 is 4.74 Å². The first-order valence-corrected chi connectivity index (χ1v) is 5.15. The number of methoxy groups -OCH3 is 1. The Morgan fingerprint density at radius 2 is 2.00 bits per heavy atom. The number of hydrogen-bond acceptors (Lipinski definition) is 3. The largest absolute Gasteiger partial charge is 0.496 e. The van der Waals surface area contributed by atoms with Gasteiger partial charge in [0.2, 0.25) is 0 Å². The molecule has 2 rings (SSSR count). The molecule has 0 saturated carbocycles. The van der Waals surface area contributed by atoms with Crippen LogP contribution >= 0.6 is 11.6 Å². The number of nitrogens with two attached hydrogens (primary N) is 1. The maximum Gasteiger partial charge on any atom is 0.131 e. The predicted octanol–water partition coefficient (Wildman–Crippen LogP) is 2.99. The lowest BCUT2D eigenvalue weighted by Gasteiger charge is -2.08. The summed E-state index contributed by atoms with van der Waals surface area (Å²) in [6.45, 7) is 0. The smallest absolute Gasteiger partial charge is 0.131 e. The number of benzene rings is 1. The predicted molar refractivity (Wildman–Crippen MR) is 65.6 cm³/mol. The normalized spacial score (nSPS) is 10.1. The van der Waals surface area contributed by atoms with Gasteiger partial charge in [0.1, 0.15) is 10.9 Å². The highest BCUT2D eigenvalue weighted by Crippen LogP contribution is 2.30. The van der Waals surface area contributed by atoms with Crippen LogP contribution < -0.4 is 10.5 Å². The average molecular weight is 235 g/mol. The molecule has 0 spiro atoms. The Hall–Kier alpha value is -1.74. The second kappa shape index (κ2) is 4.41. The van der Waals surface area contributed by atoms with Crippen LogP contribution in [-0.2, 0) is 0 Å². The highest BCUT2D eigenvalue weighted by molar-refractivity contribution is 6.29. The van der Waals surface area contributed by atoms with Gasteiger partial charge in [-0.15, -0.1) is 0 Å². The lowest BCUT2D eigenvalue weighted by molar-refractivity contribution is 0.416. The van der Waals surface area contributed by atoms with Crippen molar-refractivity contribution in [1.29, 1.82) is 0 Å². The van der Waals surface area contributed by atoms with Gasteiger partial charge in [-0.1, -0.05) is 23.7 Å². The van der Waals surface area contributed by atoms with Crippen LogP contribution in [0.2, 0.25) is 5.15 Å². The molecule has 0 saturated heterocycles. The van der Waals surface area contributed by atoms with Crippen LogP contribution in [0.4, 0.5) is 5.69 Å². The average Bonchev–Trinajstić information content (AvgIpc) is 2.27. The summed E-state index contributed by atoms with van der Waals surface area (Å²) >= 11 is 5.86. The number of pyridine rings is 1. The van der Waals surface area contributed by atoms with Crippen LogP contribution in [0.3, 0.4) is 0 Å². The molecular formula is C12H11ClN2O. The molecule has 0 aliphatic carbocycles. The summed E-state index contributed by atoms with van der Waals surface area (Å²) in [5, 5.41) is 0.376. The molecule has 1 heterocycles. The quantitative estimate of drug-likeness (QED) is 0.813. The third-order valence-electron chi connectivity index (χ3n) is 2.20. The fourth-order valence-corrected chi connectivity index (χ4v) is 1.73. The van der Waals surface area contributed by atoms with Crippen molar-refractivity contribution in [3.05, 3.63) is 41.6 Å². The molecule has 0 bridgehead atoms. The summed E-state index contributed by atoms with van der Waals surface area (Å²) in [6.07, 6.45) is 0. The Morgan fingerprint density at radius 1 is 1.25 bits per heavy atom. The zero-order valence-corrected chi connectivity index (χ0v) is 9.53. The summed E-state index contributed by atoms with van der Waals surface area (Å²) < 4.78 is 5.26. The fourth-order valence-electron chi connectivity index (χ4n) is 1.51. The lowest BCUT2D eigenvalue weighted by Crippen LogP contribution is -1.92. The van der Waals surface area contributed by atoms with Crippen LogP contribution in [0.5, 0.6) is 5.75 Å². The molecule has 0 aliphatic heterocycles. The SMILES string of the molecule is COc1ccccc1-c1cc(N)cc(Cl)n1. The minimum absolute atomic E-state index is 0.376. The molecule has 1 aromatic carbocycles. The van der Waals surface area contributed by atoms with E-state index in [9.17, 15) is 0 Å².